The predicted molar refractivity (Wildman–Crippen MR) is 277 cm³/mol. The van der Waals surface area contributed by atoms with E-state index in [2.05, 4.69) is 67.8 Å². The number of nitrogens with one attached hydrogen (secondary N) is 1. The van der Waals surface area contributed by atoms with Crippen molar-refractivity contribution in [1.29, 1.82) is 0 Å². The fourth-order valence-corrected chi connectivity index (χ4v) is 8.90. The van der Waals surface area contributed by atoms with E-state index in [4.69, 9.17) is 28.4 Å². The Hall–Kier alpha value is -2.51. The smallest absolute Gasteiger partial charge is 0.220 e. The van der Waals surface area contributed by atoms with Crippen LogP contribution >= 0.6 is 0 Å². The molecule has 3 fully saturated rings. The van der Waals surface area contributed by atoms with Crippen LogP contribution in [-0.2, 0) is 33.2 Å². The van der Waals surface area contributed by atoms with Gasteiger partial charge < -0.3 is 89.9 Å². The quantitative estimate of drug-likeness (QED) is 0.0312. The normalized spacial score (nSPS) is 31.9. The maximum Gasteiger partial charge on any atom is 0.220 e. The van der Waals surface area contributed by atoms with E-state index >= 15 is 0 Å². The summed E-state index contributed by atoms with van der Waals surface area (Å²) in [5.74, 6) is -0.309. The lowest BCUT2D eigenvalue weighted by Crippen LogP contribution is -2.66. The van der Waals surface area contributed by atoms with E-state index in [1.54, 1.807) is 6.08 Å². The molecule has 0 aromatic rings. The van der Waals surface area contributed by atoms with Gasteiger partial charge in [-0.05, 0) is 70.6 Å². The summed E-state index contributed by atoms with van der Waals surface area (Å²) < 4.78 is 34.1. The second-order valence-corrected chi connectivity index (χ2v) is 19.7. The van der Waals surface area contributed by atoms with Crippen molar-refractivity contribution >= 4 is 5.91 Å². The summed E-state index contributed by atoms with van der Waals surface area (Å²) in [5, 5.41) is 120. The molecular formula is C55H95NO18. The predicted octanol–water partition coefficient (Wildman–Crippen LogP) is 3.31. The number of aliphatic hydroxyl groups excluding tert-OH is 11. The third-order valence-electron chi connectivity index (χ3n) is 13.5. The summed E-state index contributed by atoms with van der Waals surface area (Å²) in [6.07, 6.45) is 15.0. The van der Waals surface area contributed by atoms with Gasteiger partial charge in [0.05, 0.1) is 38.6 Å². The van der Waals surface area contributed by atoms with Crippen LogP contribution in [-0.4, -0.2) is 193 Å². The molecular weight excluding hydrogens is 963 g/mol. The minimum absolute atomic E-state index is 0.213. The Kier molecular flexibility index (Phi) is 34.6. The number of hydrogen-bond donors (Lipinski definition) is 12. The van der Waals surface area contributed by atoms with Crippen molar-refractivity contribution in [3.05, 3.63) is 60.8 Å². The number of amides is 1. The molecule has 19 nitrogen and oxygen atoms in total. The van der Waals surface area contributed by atoms with Crippen molar-refractivity contribution in [2.45, 2.75) is 253 Å². The van der Waals surface area contributed by atoms with Gasteiger partial charge in [0, 0.05) is 6.42 Å². The molecule has 17 atom stereocenters. The van der Waals surface area contributed by atoms with Crippen LogP contribution < -0.4 is 5.32 Å². The Morgan fingerprint density at radius 2 is 0.932 bits per heavy atom. The second-order valence-electron chi connectivity index (χ2n) is 19.7. The van der Waals surface area contributed by atoms with Crippen molar-refractivity contribution in [3.8, 4) is 0 Å². The van der Waals surface area contributed by atoms with Crippen molar-refractivity contribution in [3.63, 3.8) is 0 Å². The summed E-state index contributed by atoms with van der Waals surface area (Å²) in [4.78, 5) is 13.2. The van der Waals surface area contributed by atoms with Gasteiger partial charge in [0.25, 0.3) is 0 Å². The summed E-state index contributed by atoms with van der Waals surface area (Å²) in [6, 6.07) is -1.00. The zero-order valence-electron chi connectivity index (χ0n) is 44.0. The Morgan fingerprint density at radius 3 is 1.49 bits per heavy atom. The molecule has 428 valence electrons. The largest absolute Gasteiger partial charge is 0.394 e. The summed E-state index contributed by atoms with van der Waals surface area (Å²) in [6.45, 7) is 1.56. The van der Waals surface area contributed by atoms with Gasteiger partial charge in [-0.3, -0.25) is 4.79 Å². The minimum atomic E-state index is -1.98. The number of allylic oxidation sites excluding steroid dienone is 9. The highest BCUT2D eigenvalue weighted by atomic mass is 16.8. The first-order chi connectivity index (χ1) is 35.8. The molecule has 3 heterocycles. The van der Waals surface area contributed by atoms with Gasteiger partial charge in [0.2, 0.25) is 5.91 Å². The minimum Gasteiger partial charge on any atom is -0.394 e. The molecule has 74 heavy (non-hydrogen) atoms. The van der Waals surface area contributed by atoms with Crippen LogP contribution in [0.2, 0.25) is 0 Å². The first-order valence-electron chi connectivity index (χ1n) is 27.5. The SMILES string of the molecule is CCC/C=C\C/C=C\CCCCCCCC(=O)NC(COC1OC(CO)C(OC2OC(CO)C(OC3OC(CO)C(O)C(O)C3O)C(O)C2O)C(O)C1O)C(O)/C=C/CC/C=C/CC/C=C/CCCCCCCC. The lowest BCUT2D eigenvalue weighted by molar-refractivity contribution is -0.379. The molecule has 3 aliphatic heterocycles. The Morgan fingerprint density at radius 1 is 0.486 bits per heavy atom. The molecule has 3 saturated heterocycles. The highest BCUT2D eigenvalue weighted by molar-refractivity contribution is 5.76. The van der Waals surface area contributed by atoms with E-state index in [1.807, 2.05) is 6.08 Å². The molecule has 0 saturated carbocycles. The highest BCUT2D eigenvalue weighted by Crippen LogP contribution is 2.33. The van der Waals surface area contributed by atoms with Crippen LogP contribution in [0, 0.1) is 0 Å². The molecule has 3 rings (SSSR count). The lowest BCUT2D eigenvalue weighted by Gasteiger charge is -2.48. The number of carbonyl (C=O) groups is 1. The second kappa shape index (κ2) is 38.9. The third kappa shape index (κ3) is 23.6. The molecule has 0 radical (unpaired) electrons. The highest BCUT2D eigenvalue weighted by Gasteiger charge is 2.53. The van der Waals surface area contributed by atoms with E-state index in [9.17, 15) is 61.0 Å². The van der Waals surface area contributed by atoms with Crippen molar-refractivity contribution in [2.75, 3.05) is 26.4 Å². The molecule has 1 amide bonds. The van der Waals surface area contributed by atoms with E-state index in [1.165, 1.54) is 38.5 Å². The number of carbonyl (C=O) groups excluding carboxylic acids is 1. The van der Waals surface area contributed by atoms with Crippen LogP contribution in [0.4, 0.5) is 0 Å². The molecule has 0 bridgehead atoms. The monoisotopic (exact) mass is 1060 g/mol. The Labute approximate surface area is 439 Å². The molecule has 0 aliphatic carbocycles. The molecule has 3 aliphatic rings. The summed E-state index contributed by atoms with van der Waals surface area (Å²) in [7, 11) is 0. The van der Waals surface area contributed by atoms with E-state index in [0.717, 1.165) is 77.0 Å². The maximum atomic E-state index is 13.2. The van der Waals surface area contributed by atoms with Gasteiger partial charge in [-0.2, -0.15) is 0 Å². The molecule has 0 spiro atoms. The zero-order valence-corrected chi connectivity index (χ0v) is 44.0. The van der Waals surface area contributed by atoms with Crippen molar-refractivity contribution < 1.29 is 89.4 Å². The number of ether oxygens (including phenoxy) is 6. The van der Waals surface area contributed by atoms with Gasteiger partial charge in [-0.15, -0.1) is 0 Å². The molecule has 12 N–H and O–H groups in total. The van der Waals surface area contributed by atoms with Crippen LogP contribution in [0.3, 0.4) is 0 Å². The average Bonchev–Trinajstić information content (AvgIpc) is 3.40. The molecule has 0 aromatic heterocycles. The van der Waals surface area contributed by atoms with E-state index < -0.39 is 124 Å². The van der Waals surface area contributed by atoms with Crippen LogP contribution in [0.5, 0.6) is 0 Å². The van der Waals surface area contributed by atoms with Crippen LogP contribution in [0.1, 0.15) is 149 Å². The molecule has 17 unspecified atom stereocenters. The third-order valence-corrected chi connectivity index (χ3v) is 13.5. The van der Waals surface area contributed by atoms with Crippen molar-refractivity contribution in [1.82, 2.24) is 5.32 Å². The first kappa shape index (κ1) is 65.8. The standard InChI is InChI=1S/C55H95NO18/c1-3-5-7-9-11-13-15-17-18-19-21-22-24-26-28-30-32-39(60)38(56-43(61)33-31-29-27-25-23-20-16-14-12-10-8-6-4-2)37-69-53-49(67)46(64)51(41(35-58)71-53)74-55-50(68)47(65)52(42(36-59)72-55)73-54-48(66)45(63)44(62)40(34-57)70-54/h8,10,14,16-18,22,24,30,32,38-42,44-55,57-60,62-68H,3-7,9,11-13,15,19-21,23,25-29,31,33-37H2,1-2H3,(H,56,61)/b10-8-,16-14-,18-17+,24-22+,32-30+. The number of rotatable bonds is 38. The van der Waals surface area contributed by atoms with E-state index in [-0.39, 0.29) is 18.9 Å². The topological polar surface area (TPSA) is 307 Å². The maximum absolute atomic E-state index is 13.2. The number of aliphatic hydroxyl groups is 11. The van der Waals surface area contributed by atoms with Crippen molar-refractivity contribution in [2.24, 2.45) is 0 Å². The number of hydrogen-bond acceptors (Lipinski definition) is 18. The van der Waals surface area contributed by atoms with Crippen LogP contribution in [0.25, 0.3) is 0 Å². The van der Waals surface area contributed by atoms with E-state index in [0.29, 0.717) is 12.8 Å². The Bertz CT molecular complexity index is 1590. The summed E-state index contributed by atoms with van der Waals surface area (Å²) in [5.41, 5.74) is 0. The van der Waals surface area contributed by atoms with Gasteiger partial charge in [0.15, 0.2) is 18.9 Å². The van der Waals surface area contributed by atoms with Gasteiger partial charge in [-0.25, -0.2) is 0 Å². The fourth-order valence-electron chi connectivity index (χ4n) is 8.90. The van der Waals surface area contributed by atoms with Gasteiger partial charge in [-0.1, -0.05) is 132 Å². The molecule has 0 aromatic carbocycles. The average molecular weight is 1060 g/mol. The number of unbranched alkanes of at least 4 members (excludes halogenated alkanes) is 14. The molecule has 19 heteroatoms. The van der Waals surface area contributed by atoms with Crippen LogP contribution in [0.15, 0.2) is 60.8 Å². The lowest BCUT2D eigenvalue weighted by atomic mass is 9.96. The van der Waals surface area contributed by atoms with Gasteiger partial charge in [0.1, 0.15) is 73.2 Å². The fraction of sp³-hybridized carbons (Fsp3) is 0.800. The Balaban J connectivity index is 1.57. The first-order valence-corrected chi connectivity index (χ1v) is 27.5. The zero-order chi connectivity index (χ0) is 54.1. The summed E-state index contributed by atoms with van der Waals surface area (Å²) >= 11 is 0. The van der Waals surface area contributed by atoms with Gasteiger partial charge >= 0.3 is 0 Å².